The van der Waals surface area contributed by atoms with Crippen LogP contribution in [0.15, 0.2) is 18.2 Å². The van der Waals surface area contributed by atoms with E-state index in [1.165, 1.54) is 12.1 Å². The highest BCUT2D eigenvalue weighted by molar-refractivity contribution is 5.39. The summed E-state index contributed by atoms with van der Waals surface area (Å²) in [5.74, 6) is -0.626. The van der Waals surface area contributed by atoms with Gasteiger partial charge in [-0.2, -0.15) is 0 Å². The molecule has 1 unspecified atom stereocenters. The number of hydrogen-bond donors (Lipinski definition) is 0. The van der Waals surface area contributed by atoms with E-state index in [-0.39, 0.29) is 18.6 Å². The molecule has 0 saturated carbocycles. The molecule has 1 aromatic carbocycles. The molecule has 2 rings (SSSR count). The fourth-order valence-corrected chi connectivity index (χ4v) is 1.85. The number of hydrogen-bond acceptors (Lipinski definition) is 4. The van der Waals surface area contributed by atoms with E-state index in [9.17, 15) is 14.5 Å². The Morgan fingerprint density at radius 3 is 3.00 bits per heavy atom. The lowest BCUT2D eigenvalue weighted by atomic mass is 10.2. The Hall–Kier alpha value is -1.53. The van der Waals surface area contributed by atoms with Crippen LogP contribution >= 0.6 is 0 Å². The molecule has 5 nitrogen and oxygen atoms in total. The molecule has 0 radical (unpaired) electrons. The van der Waals surface area contributed by atoms with Gasteiger partial charge in [-0.1, -0.05) is 0 Å². The SMILES string of the molecule is O=[N+]([O-])c1cc(F)ccc1COC1CCCCO1. The third-order valence-corrected chi connectivity index (χ3v) is 2.81. The molecule has 0 aromatic heterocycles. The van der Waals surface area contributed by atoms with Crippen LogP contribution in [0.3, 0.4) is 0 Å². The van der Waals surface area contributed by atoms with Crippen LogP contribution < -0.4 is 0 Å². The molecule has 1 aromatic rings. The van der Waals surface area contributed by atoms with Crippen molar-refractivity contribution in [3.8, 4) is 0 Å². The molecule has 0 amide bonds. The molecule has 1 aliphatic rings. The maximum Gasteiger partial charge on any atom is 0.277 e. The first-order chi connectivity index (χ1) is 8.66. The first-order valence-corrected chi connectivity index (χ1v) is 5.83. The highest BCUT2D eigenvalue weighted by atomic mass is 19.1. The summed E-state index contributed by atoms with van der Waals surface area (Å²) >= 11 is 0. The van der Waals surface area contributed by atoms with Crippen LogP contribution in [0.2, 0.25) is 0 Å². The molecule has 0 N–H and O–H groups in total. The van der Waals surface area contributed by atoms with Crippen LogP contribution in [-0.2, 0) is 16.1 Å². The number of nitrogens with zero attached hydrogens (tertiary/aromatic N) is 1. The summed E-state index contributed by atoms with van der Waals surface area (Å²) in [6.45, 7) is 0.706. The Bertz CT molecular complexity index is 432. The summed E-state index contributed by atoms with van der Waals surface area (Å²) in [6.07, 6.45) is 2.50. The van der Waals surface area contributed by atoms with Gasteiger partial charge in [0.15, 0.2) is 6.29 Å². The predicted molar refractivity (Wildman–Crippen MR) is 61.4 cm³/mol. The molecule has 6 heteroatoms. The molecule has 0 spiro atoms. The minimum Gasteiger partial charge on any atom is -0.353 e. The summed E-state index contributed by atoms with van der Waals surface area (Å²) in [4.78, 5) is 10.2. The van der Waals surface area contributed by atoms with Gasteiger partial charge in [0, 0.05) is 6.61 Å². The van der Waals surface area contributed by atoms with E-state index in [0.29, 0.717) is 12.2 Å². The van der Waals surface area contributed by atoms with Crippen LogP contribution in [-0.4, -0.2) is 17.8 Å². The van der Waals surface area contributed by atoms with Gasteiger partial charge in [-0.05, 0) is 31.4 Å². The van der Waals surface area contributed by atoms with Gasteiger partial charge in [0.05, 0.1) is 23.2 Å². The Morgan fingerprint density at radius 2 is 2.33 bits per heavy atom. The fraction of sp³-hybridized carbons (Fsp3) is 0.500. The van der Waals surface area contributed by atoms with E-state index < -0.39 is 10.7 Å². The monoisotopic (exact) mass is 255 g/mol. The second-order valence-electron chi connectivity index (χ2n) is 4.14. The van der Waals surface area contributed by atoms with E-state index in [1.807, 2.05) is 0 Å². The van der Waals surface area contributed by atoms with Crippen LogP contribution in [0, 0.1) is 15.9 Å². The molecule has 1 atom stereocenters. The zero-order valence-corrected chi connectivity index (χ0v) is 9.80. The lowest BCUT2D eigenvalue weighted by Crippen LogP contribution is -2.22. The van der Waals surface area contributed by atoms with Crippen molar-refractivity contribution in [2.45, 2.75) is 32.2 Å². The van der Waals surface area contributed by atoms with Crippen molar-refractivity contribution in [3.05, 3.63) is 39.7 Å². The number of nitro benzene ring substituents is 1. The molecule has 18 heavy (non-hydrogen) atoms. The normalized spacial score (nSPS) is 19.7. The van der Waals surface area contributed by atoms with Crippen molar-refractivity contribution < 1.29 is 18.8 Å². The zero-order chi connectivity index (χ0) is 13.0. The highest BCUT2D eigenvalue weighted by Crippen LogP contribution is 2.22. The van der Waals surface area contributed by atoms with Gasteiger partial charge >= 0.3 is 0 Å². The number of nitro groups is 1. The zero-order valence-electron chi connectivity index (χ0n) is 9.80. The smallest absolute Gasteiger partial charge is 0.277 e. The quantitative estimate of drug-likeness (QED) is 0.613. The van der Waals surface area contributed by atoms with Crippen molar-refractivity contribution in [1.29, 1.82) is 0 Å². The van der Waals surface area contributed by atoms with E-state index in [2.05, 4.69) is 0 Å². The first kappa shape index (κ1) is 12.9. The fourth-order valence-electron chi connectivity index (χ4n) is 1.85. The van der Waals surface area contributed by atoms with Gasteiger partial charge in [-0.15, -0.1) is 0 Å². The molecular weight excluding hydrogens is 241 g/mol. The van der Waals surface area contributed by atoms with Gasteiger partial charge in [0.25, 0.3) is 5.69 Å². The summed E-state index contributed by atoms with van der Waals surface area (Å²) in [7, 11) is 0. The van der Waals surface area contributed by atoms with E-state index >= 15 is 0 Å². The summed E-state index contributed by atoms with van der Waals surface area (Å²) in [5.41, 5.74) is 0.0985. The average Bonchev–Trinajstić information content (AvgIpc) is 2.38. The summed E-state index contributed by atoms with van der Waals surface area (Å²) < 4.78 is 23.7. The average molecular weight is 255 g/mol. The highest BCUT2D eigenvalue weighted by Gasteiger charge is 2.18. The van der Waals surface area contributed by atoms with Crippen molar-refractivity contribution in [3.63, 3.8) is 0 Å². The lowest BCUT2D eigenvalue weighted by Gasteiger charge is -2.22. The predicted octanol–water partition coefficient (Wildman–Crippen LogP) is 2.78. The largest absolute Gasteiger partial charge is 0.353 e. The van der Waals surface area contributed by atoms with Gasteiger partial charge < -0.3 is 9.47 Å². The lowest BCUT2D eigenvalue weighted by molar-refractivity contribution is -0.386. The Kier molecular flexibility index (Phi) is 4.22. The van der Waals surface area contributed by atoms with Gasteiger partial charge in [0.1, 0.15) is 5.82 Å². The molecule has 1 aliphatic heterocycles. The van der Waals surface area contributed by atoms with E-state index in [4.69, 9.17) is 9.47 Å². The maximum absolute atomic E-state index is 12.9. The first-order valence-electron chi connectivity index (χ1n) is 5.83. The molecule has 1 heterocycles. The van der Waals surface area contributed by atoms with Crippen molar-refractivity contribution in [1.82, 2.24) is 0 Å². The van der Waals surface area contributed by atoms with Crippen molar-refractivity contribution in [2.24, 2.45) is 0 Å². The third-order valence-electron chi connectivity index (χ3n) is 2.81. The topological polar surface area (TPSA) is 61.6 Å². The number of benzene rings is 1. The number of ether oxygens (including phenoxy) is 2. The molecule has 0 aliphatic carbocycles. The standard InChI is InChI=1S/C12H14FNO4/c13-10-5-4-9(11(7-10)14(15)16)8-18-12-3-1-2-6-17-12/h4-5,7,12H,1-3,6,8H2. The number of rotatable bonds is 4. The Morgan fingerprint density at radius 1 is 1.50 bits per heavy atom. The van der Waals surface area contributed by atoms with E-state index in [0.717, 1.165) is 25.3 Å². The van der Waals surface area contributed by atoms with E-state index in [1.54, 1.807) is 0 Å². The Labute approximate surface area is 104 Å². The van der Waals surface area contributed by atoms with Crippen molar-refractivity contribution in [2.75, 3.05) is 6.61 Å². The van der Waals surface area contributed by atoms with Gasteiger partial charge in [0.2, 0.25) is 0 Å². The van der Waals surface area contributed by atoms with Crippen LogP contribution in [0.25, 0.3) is 0 Å². The minimum atomic E-state index is -0.626. The molecule has 1 saturated heterocycles. The van der Waals surface area contributed by atoms with Crippen LogP contribution in [0.1, 0.15) is 24.8 Å². The van der Waals surface area contributed by atoms with Crippen LogP contribution in [0.5, 0.6) is 0 Å². The minimum absolute atomic E-state index is 0.0568. The van der Waals surface area contributed by atoms with Crippen molar-refractivity contribution >= 4 is 5.69 Å². The van der Waals surface area contributed by atoms with Crippen LogP contribution in [0.4, 0.5) is 10.1 Å². The van der Waals surface area contributed by atoms with Gasteiger partial charge in [-0.25, -0.2) is 4.39 Å². The second-order valence-corrected chi connectivity index (χ2v) is 4.14. The molecule has 98 valence electrons. The summed E-state index contributed by atoms with van der Waals surface area (Å²) in [5, 5.41) is 10.8. The second kappa shape index (κ2) is 5.88. The molecule has 1 fully saturated rings. The summed E-state index contributed by atoms with van der Waals surface area (Å²) in [6, 6.07) is 3.46. The van der Waals surface area contributed by atoms with Gasteiger partial charge in [-0.3, -0.25) is 10.1 Å². The molecular formula is C12H14FNO4. The Balaban J connectivity index is 2.01. The maximum atomic E-state index is 12.9. The number of halogens is 1. The third kappa shape index (κ3) is 3.24. The molecule has 0 bridgehead atoms.